The smallest absolute Gasteiger partial charge is 0.314 e. The van der Waals surface area contributed by atoms with Gasteiger partial charge in [-0.3, -0.25) is 9.59 Å². The number of nitrogens with two attached hydrogens (primary N) is 1. The first-order chi connectivity index (χ1) is 10.4. The molecule has 0 spiro atoms. The molecule has 0 aromatic heterocycles. The van der Waals surface area contributed by atoms with Crippen molar-refractivity contribution in [2.45, 2.75) is 6.92 Å². The lowest BCUT2D eigenvalue weighted by atomic mass is 10.2. The van der Waals surface area contributed by atoms with Crippen molar-refractivity contribution in [3.8, 4) is 0 Å². The van der Waals surface area contributed by atoms with Gasteiger partial charge in [-0.05, 0) is 48.9 Å². The van der Waals surface area contributed by atoms with Crippen LogP contribution in [0.5, 0.6) is 0 Å². The number of aryl methyl sites for hydroxylation is 1. The molecule has 0 heterocycles. The van der Waals surface area contributed by atoms with Crippen molar-refractivity contribution >= 4 is 52.1 Å². The van der Waals surface area contributed by atoms with E-state index >= 15 is 0 Å². The van der Waals surface area contributed by atoms with Crippen LogP contribution in [0.25, 0.3) is 0 Å². The Morgan fingerprint density at radius 1 is 1.00 bits per heavy atom. The van der Waals surface area contributed by atoms with E-state index in [9.17, 15) is 9.59 Å². The number of halogens is 2. The van der Waals surface area contributed by atoms with Crippen LogP contribution >= 0.6 is 23.2 Å². The average Bonchev–Trinajstić information content (AvgIpc) is 2.45. The van der Waals surface area contributed by atoms with E-state index in [1.54, 1.807) is 37.3 Å². The number of nitrogens with one attached hydrogen (secondary N) is 2. The molecule has 0 bridgehead atoms. The van der Waals surface area contributed by atoms with Crippen LogP contribution in [0.15, 0.2) is 36.4 Å². The zero-order chi connectivity index (χ0) is 16.3. The molecule has 0 unspecified atom stereocenters. The largest absolute Gasteiger partial charge is 0.398 e. The van der Waals surface area contributed by atoms with Crippen LogP contribution in [-0.4, -0.2) is 11.8 Å². The van der Waals surface area contributed by atoms with Crippen LogP contribution in [0.3, 0.4) is 0 Å². The highest BCUT2D eigenvalue weighted by Gasteiger charge is 2.15. The molecule has 2 rings (SSSR count). The number of carbonyl (C=O) groups is 2. The molecule has 4 N–H and O–H groups in total. The molecule has 114 valence electrons. The molecule has 0 aliphatic carbocycles. The number of rotatable bonds is 2. The molecular formula is C15H13Cl2N3O2. The summed E-state index contributed by atoms with van der Waals surface area (Å²) >= 11 is 11.7. The summed E-state index contributed by atoms with van der Waals surface area (Å²) in [5.74, 6) is -1.60. The van der Waals surface area contributed by atoms with Crippen molar-refractivity contribution in [2.24, 2.45) is 0 Å². The van der Waals surface area contributed by atoms with E-state index in [-0.39, 0.29) is 0 Å². The summed E-state index contributed by atoms with van der Waals surface area (Å²) in [6.07, 6.45) is 0. The highest BCUT2D eigenvalue weighted by Crippen LogP contribution is 2.23. The Bertz CT molecular complexity index is 748. The van der Waals surface area contributed by atoms with E-state index in [0.717, 1.165) is 5.56 Å². The Labute approximate surface area is 137 Å². The third kappa shape index (κ3) is 3.90. The summed E-state index contributed by atoms with van der Waals surface area (Å²) in [5.41, 5.74) is 7.61. The van der Waals surface area contributed by atoms with Gasteiger partial charge in [0.1, 0.15) is 0 Å². The third-order valence-electron chi connectivity index (χ3n) is 2.90. The average molecular weight is 338 g/mol. The molecule has 2 aromatic rings. The van der Waals surface area contributed by atoms with Gasteiger partial charge in [0.05, 0.1) is 10.7 Å². The molecule has 22 heavy (non-hydrogen) atoms. The minimum absolute atomic E-state index is 0.298. The normalized spacial score (nSPS) is 10.1. The number of hydrogen-bond acceptors (Lipinski definition) is 3. The third-order valence-corrected chi connectivity index (χ3v) is 3.46. The fourth-order valence-corrected chi connectivity index (χ4v) is 2.15. The van der Waals surface area contributed by atoms with Crippen molar-refractivity contribution in [3.05, 3.63) is 52.0 Å². The maximum absolute atomic E-state index is 11.9. The van der Waals surface area contributed by atoms with Gasteiger partial charge in [0, 0.05) is 16.4 Å². The maximum Gasteiger partial charge on any atom is 0.314 e. The van der Waals surface area contributed by atoms with Gasteiger partial charge in [-0.1, -0.05) is 23.2 Å². The summed E-state index contributed by atoms with van der Waals surface area (Å²) in [5, 5.41) is 5.81. The summed E-state index contributed by atoms with van der Waals surface area (Å²) < 4.78 is 0. The van der Waals surface area contributed by atoms with E-state index in [2.05, 4.69) is 10.6 Å². The second kappa shape index (κ2) is 6.68. The number of carbonyl (C=O) groups excluding carboxylic acids is 2. The van der Waals surface area contributed by atoms with Crippen molar-refractivity contribution in [1.82, 2.24) is 0 Å². The SMILES string of the molecule is Cc1cc(Cl)ccc1NC(=O)C(=O)Nc1ccc(N)c(Cl)c1. The molecule has 2 amide bonds. The summed E-state index contributed by atoms with van der Waals surface area (Å²) in [6, 6.07) is 9.51. The van der Waals surface area contributed by atoms with E-state index < -0.39 is 11.8 Å². The van der Waals surface area contributed by atoms with E-state index in [4.69, 9.17) is 28.9 Å². The van der Waals surface area contributed by atoms with Crippen molar-refractivity contribution in [2.75, 3.05) is 16.4 Å². The quantitative estimate of drug-likeness (QED) is 0.579. The molecule has 0 aliphatic heterocycles. The molecule has 0 aliphatic rings. The Balaban J connectivity index is 2.05. The van der Waals surface area contributed by atoms with Crippen molar-refractivity contribution < 1.29 is 9.59 Å². The predicted molar refractivity (Wildman–Crippen MR) is 89.3 cm³/mol. The topological polar surface area (TPSA) is 84.2 Å². The molecule has 0 atom stereocenters. The fraction of sp³-hybridized carbons (Fsp3) is 0.0667. The standard InChI is InChI=1S/C15H13Cl2N3O2/c1-8-6-9(16)2-5-13(8)20-15(22)14(21)19-10-3-4-12(18)11(17)7-10/h2-7H,18H2,1H3,(H,19,21)(H,20,22). The monoisotopic (exact) mass is 337 g/mol. The van der Waals surface area contributed by atoms with Gasteiger partial charge in [0.15, 0.2) is 0 Å². The van der Waals surface area contributed by atoms with E-state index in [0.29, 0.717) is 27.1 Å². The molecular weight excluding hydrogens is 325 g/mol. The number of nitrogen functional groups attached to an aromatic ring is 1. The maximum atomic E-state index is 11.9. The Morgan fingerprint density at radius 3 is 2.32 bits per heavy atom. The first kappa shape index (κ1) is 16.1. The van der Waals surface area contributed by atoms with Gasteiger partial charge in [-0.25, -0.2) is 0 Å². The Morgan fingerprint density at radius 2 is 1.68 bits per heavy atom. The Kier molecular flexibility index (Phi) is 4.90. The zero-order valence-corrected chi connectivity index (χ0v) is 13.1. The zero-order valence-electron chi connectivity index (χ0n) is 11.6. The highest BCUT2D eigenvalue weighted by molar-refractivity contribution is 6.44. The van der Waals surface area contributed by atoms with E-state index in [1.807, 2.05) is 0 Å². The molecule has 5 nitrogen and oxygen atoms in total. The fourth-order valence-electron chi connectivity index (χ4n) is 1.74. The van der Waals surface area contributed by atoms with Gasteiger partial charge in [-0.2, -0.15) is 0 Å². The molecule has 7 heteroatoms. The molecule has 0 saturated heterocycles. The first-order valence-electron chi connectivity index (χ1n) is 6.30. The Hall–Kier alpha value is -2.24. The minimum Gasteiger partial charge on any atom is -0.398 e. The van der Waals surface area contributed by atoms with Gasteiger partial charge >= 0.3 is 11.8 Å². The van der Waals surface area contributed by atoms with Gasteiger partial charge in [-0.15, -0.1) is 0 Å². The lowest BCUT2D eigenvalue weighted by Gasteiger charge is -2.09. The van der Waals surface area contributed by atoms with Crippen LogP contribution < -0.4 is 16.4 Å². The van der Waals surface area contributed by atoms with Crippen molar-refractivity contribution in [3.63, 3.8) is 0 Å². The first-order valence-corrected chi connectivity index (χ1v) is 7.06. The van der Waals surface area contributed by atoms with Crippen LogP contribution in [0.2, 0.25) is 10.0 Å². The predicted octanol–water partition coefficient (Wildman–Crippen LogP) is 3.46. The second-order valence-electron chi connectivity index (χ2n) is 4.60. The molecule has 0 saturated carbocycles. The van der Waals surface area contributed by atoms with Crippen molar-refractivity contribution in [1.29, 1.82) is 0 Å². The second-order valence-corrected chi connectivity index (χ2v) is 5.45. The van der Waals surface area contributed by atoms with Gasteiger partial charge in [0.2, 0.25) is 0 Å². The number of hydrogen-bond donors (Lipinski definition) is 3. The number of anilines is 3. The van der Waals surface area contributed by atoms with Crippen LogP contribution in [0.4, 0.5) is 17.1 Å². The van der Waals surface area contributed by atoms with Crippen LogP contribution in [0, 0.1) is 6.92 Å². The summed E-state index contributed by atoms with van der Waals surface area (Å²) in [4.78, 5) is 23.8. The van der Waals surface area contributed by atoms with E-state index in [1.165, 1.54) is 6.07 Å². The number of benzene rings is 2. The van der Waals surface area contributed by atoms with Crippen LogP contribution in [-0.2, 0) is 9.59 Å². The minimum atomic E-state index is -0.810. The molecule has 0 radical (unpaired) electrons. The van der Waals surface area contributed by atoms with Gasteiger partial charge < -0.3 is 16.4 Å². The van der Waals surface area contributed by atoms with Gasteiger partial charge in [0.25, 0.3) is 0 Å². The summed E-state index contributed by atoms with van der Waals surface area (Å²) in [7, 11) is 0. The number of amides is 2. The lowest BCUT2D eigenvalue weighted by Crippen LogP contribution is -2.29. The van der Waals surface area contributed by atoms with Crippen LogP contribution in [0.1, 0.15) is 5.56 Å². The molecule has 0 fully saturated rings. The highest BCUT2D eigenvalue weighted by atomic mass is 35.5. The molecule has 2 aromatic carbocycles. The lowest BCUT2D eigenvalue weighted by molar-refractivity contribution is -0.133. The summed E-state index contributed by atoms with van der Waals surface area (Å²) in [6.45, 7) is 1.78.